The van der Waals surface area contributed by atoms with Gasteiger partial charge in [0, 0.05) is 0 Å². The minimum Gasteiger partial charge on any atom is -1.00 e. The van der Waals surface area contributed by atoms with Gasteiger partial charge in [-0.2, -0.15) is 0 Å². The molecular weight excluding hydrogens is 579 g/mol. The van der Waals surface area contributed by atoms with Crippen molar-refractivity contribution in [2.24, 2.45) is 0 Å². The number of hydrogen-bond acceptors (Lipinski definition) is 0. The molecule has 0 nitrogen and oxygen atoms in total. The molecule has 0 aromatic heterocycles. The van der Waals surface area contributed by atoms with E-state index in [1.54, 1.807) is 5.20 Å². The summed E-state index contributed by atoms with van der Waals surface area (Å²) >= 11 is 2.29. The third-order valence-corrected chi connectivity index (χ3v) is 13.7. The van der Waals surface area contributed by atoms with E-state index in [4.69, 9.17) is 0 Å². The van der Waals surface area contributed by atoms with Crippen molar-refractivity contribution in [3.8, 4) is 0 Å². The van der Waals surface area contributed by atoms with Gasteiger partial charge in [-0.3, -0.25) is 0 Å². The predicted octanol–water partition coefficient (Wildman–Crippen LogP) is -1.77. The number of halogens is 3. The Morgan fingerprint density at radius 3 is 1.21 bits per heavy atom. The van der Waals surface area contributed by atoms with Crippen molar-refractivity contribution in [3.05, 3.63) is 110 Å². The maximum Gasteiger partial charge on any atom is -1.00 e. The number of allylic oxidation sites excluding steroid dienone is 4. The van der Waals surface area contributed by atoms with Crippen molar-refractivity contribution in [1.82, 2.24) is 0 Å². The summed E-state index contributed by atoms with van der Waals surface area (Å²) in [6.07, 6.45) is 3.50. The Morgan fingerprint density at radius 1 is 0.605 bits per heavy atom. The average Bonchev–Trinajstić information content (AvgIpc) is 3.18. The zero-order valence-corrected chi connectivity index (χ0v) is 28.4. The Hall–Kier alpha value is -1.06. The van der Waals surface area contributed by atoms with E-state index in [1.165, 1.54) is 41.7 Å². The fourth-order valence-electron chi connectivity index (χ4n) is 5.52. The van der Waals surface area contributed by atoms with Gasteiger partial charge in [0.15, 0.2) is 0 Å². The summed E-state index contributed by atoms with van der Waals surface area (Å²) in [5.41, 5.74) is 5.79. The van der Waals surface area contributed by atoms with E-state index < -0.39 is 8.07 Å². The maximum absolute atomic E-state index is 2.54. The van der Waals surface area contributed by atoms with Gasteiger partial charge in [0.2, 0.25) is 0 Å². The van der Waals surface area contributed by atoms with Crippen LogP contribution < -0.4 is 52.8 Å². The van der Waals surface area contributed by atoms with Crippen LogP contribution in [0.2, 0.25) is 0 Å². The van der Waals surface area contributed by atoms with Crippen LogP contribution in [0.15, 0.2) is 93.5 Å². The first-order chi connectivity index (χ1) is 16.7. The van der Waals surface area contributed by atoms with Crippen LogP contribution in [0.1, 0.15) is 89.3 Å². The fraction of sp³-hybridized carbons (Fsp3) is 0.333. The standard InChI is InChI=1S/C33H39Si.3ClH.Ti/c1-23(2)27-13-9-16-30(20-27)34(33-19-8-12-26(33)7,31-17-10-14-28(21-31)24(3)4)32-18-11-15-29(22-32)25(5)6;;;;/h8-11,13-18,20-25H,19H2,1-7H3;3*1H;/q;;;;+3/p-3. The van der Waals surface area contributed by atoms with E-state index in [2.05, 4.69) is 148 Å². The molecule has 0 saturated carbocycles. The van der Waals surface area contributed by atoms with Gasteiger partial charge in [-0.05, 0) is 0 Å². The van der Waals surface area contributed by atoms with Crippen LogP contribution >= 0.6 is 0 Å². The smallest absolute Gasteiger partial charge is 1.00 e. The Bertz CT molecular complexity index is 1170. The van der Waals surface area contributed by atoms with Crippen LogP contribution in [-0.2, 0) is 20.4 Å². The van der Waals surface area contributed by atoms with E-state index in [0.29, 0.717) is 17.8 Å². The average molecular weight is 618 g/mol. The molecular formula is C33H39Cl3SiTi. The Labute approximate surface area is 262 Å². The minimum atomic E-state index is -2.50. The van der Waals surface area contributed by atoms with Crippen LogP contribution in [-0.4, -0.2) is 8.07 Å². The zero-order chi connectivity index (χ0) is 25.3. The summed E-state index contributed by atoms with van der Waals surface area (Å²) in [7, 11) is -2.50. The summed E-state index contributed by atoms with van der Waals surface area (Å²) in [6.45, 7) is 16.2. The molecule has 1 aliphatic rings. The van der Waals surface area contributed by atoms with E-state index in [0.717, 1.165) is 6.42 Å². The van der Waals surface area contributed by atoms with Crippen molar-refractivity contribution in [2.75, 3.05) is 0 Å². The van der Waals surface area contributed by atoms with Crippen molar-refractivity contribution in [3.63, 3.8) is 0 Å². The molecule has 0 bridgehead atoms. The Kier molecular flexibility index (Phi) is 13.4. The molecule has 0 N–H and O–H groups in total. The zero-order valence-electron chi connectivity index (χ0n) is 23.6. The summed E-state index contributed by atoms with van der Waals surface area (Å²) in [6, 6.07) is 28.7. The molecule has 3 aromatic rings. The summed E-state index contributed by atoms with van der Waals surface area (Å²) in [4.78, 5) is 0. The molecule has 0 unspecified atom stereocenters. The fourth-order valence-corrected chi connectivity index (χ4v) is 11.5. The second kappa shape index (κ2) is 14.5. The van der Waals surface area contributed by atoms with Gasteiger partial charge in [0.1, 0.15) is 0 Å². The van der Waals surface area contributed by atoms with Gasteiger partial charge < -0.3 is 37.2 Å². The molecule has 0 spiro atoms. The first-order valence-electron chi connectivity index (χ1n) is 13.1. The van der Waals surface area contributed by atoms with Gasteiger partial charge in [-0.25, -0.2) is 0 Å². The number of rotatable bonds is 7. The van der Waals surface area contributed by atoms with Gasteiger partial charge in [0.05, 0.1) is 0 Å². The molecule has 38 heavy (non-hydrogen) atoms. The molecule has 200 valence electrons. The van der Waals surface area contributed by atoms with E-state index in [9.17, 15) is 0 Å². The van der Waals surface area contributed by atoms with Crippen molar-refractivity contribution >= 4 is 23.6 Å². The largest absolute Gasteiger partial charge is 1.00 e. The van der Waals surface area contributed by atoms with E-state index in [1.807, 2.05) is 0 Å². The normalized spacial score (nSPS) is 13.3. The summed E-state index contributed by atoms with van der Waals surface area (Å²) in [5.74, 6) is 1.51. The second-order valence-corrected chi connectivity index (χ2v) is 15.7. The summed E-state index contributed by atoms with van der Waals surface area (Å²) < 4.78 is 1.44. The maximum atomic E-state index is 2.54. The molecule has 0 aliphatic heterocycles. The van der Waals surface area contributed by atoms with Crippen molar-refractivity contribution in [2.45, 2.75) is 72.6 Å². The third-order valence-electron chi connectivity index (χ3n) is 7.78. The number of hydrogen-bond donors (Lipinski definition) is 0. The SMILES string of the molecule is CC1=C([Si](c2cccc(C(C)C)c2)(c2cccc(C(C)C)c2)c2cccc(C(C)C)c2)CC=[C]1[Ti+3].[Cl-].[Cl-].[Cl-]. The van der Waals surface area contributed by atoms with Crippen molar-refractivity contribution < 1.29 is 57.7 Å². The van der Waals surface area contributed by atoms with Crippen LogP contribution in [0.5, 0.6) is 0 Å². The Morgan fingerprint density at radius 2 is 0.947 bits per heavy atom. The molecule has 1 aliphatic carbocycles. The summed E-state index contributed by atoms with van der Waals surface area (Å²) in [5, 5.41) is 6.20. The Balaban J connectivity index is 0.00000241. The van der Waals surface area contributed by atoms with E-state index >= 15 is 0 Å². The second-order valence-electron chi connectivity index (χ2n) is 11.0. The van der Waals surface area contributed by atoms with Gasteiger partial charge >= 0.3 is 227 Å². The molecule has 0 saturated heterocycles. The molecule has 5 heteroatoms. The first kappa shape index (κ1) is 35.0. The van der Waals surface area contributed by atoms with Crippen LogP contribution in [0.4, 0.5) is 0 Å². The molecule has 0 radical (unpaired) electrons. The van der Waals surface area contributed by atoms with Gasteiger partial charge in [0.25, 0.3) is 0 Å². The monoisotopic (exact) mass is 616 g/mol. The third kappa shape index (κ3) is 6.63. The number of benzene rings is 3. The molecule has 4 rings (SSSR count). The predicted molar refractivity (Wildman–Crippen MR) is 152 cm³/mol. The van der Waals surface area contributed by atoms with Gasteiger partial charge in [-0.15, -0.1) is 0 Å². The van der Waals surface area contributed by atoms with Crippen LogP contribution in [0.25, 0.3) is 0 Å². The molecule has 0 fully saturated rings. The van der Waals surface area contributed by atoms with Crippen LogP contribution in [0, 0.1) is 0 Å². The molecule has 3 aromatic carbocycles. The molecule has 0 amide bonds. The molecule has 0 atom stereocenters. The quantitative estimate of drug-likeness (QED) is 0.218. The topological polar surface area (TPSA) is 0 Å². The van der Waals surface area contributed by atoms with Crippen molar-refractivity contribution in [1.29, 1.82) is 0 Å². The van der Waals surface area contributed by atoms with Crippen LogP contribution in [0.3, 0.4) is 0 Å². The molecule has 0 heterocycles. The van der Waals surface area contributed by atoms with E-state index in [-0.39, 0.29) is 37.2 Å². The minimum absolute atomic E-state index is 0. The van der Waals surface area contributed by atoms with Gasteiger partial charge in [-0.1, -0.05) is 0 Å². The first-order valence-corrected chi connectivity index (χ1v) is 15.9.